The Hall–Kier alpha value is -2.56. The number of phenolic OH excluding ortho intramolecular Hbond substituents is 1. The van der Waals surface area contributed by atoms with Gasteiger partial charge in [0.15, 0.2) is 17.2 Å². The molecular formula is C22H21Cl2NO3. The fourth-order valence-corrected chi connectivity index (χ4v) is 3.14. The molecule has 3 rings (SSSR count). The molecule has 3 aromatic carbocycles. The highest BCUT2D eigenvalue weighted by Gasteiger charge is 2.09. The first kappa shape index (κ1) is 20.2. The van der Waals surface area contributed by atoms with Gasteiger partial charge in [0.05, 0.1) is 16.7 Å². The van der Waals surface area contributed by atoms with Gasteiger partial charge < -0.3 is 19.9 Å². The topological polar surface area (TPSA) is 50.7 Å². The molecule has 28 heavy (non-hydrogen) atoms. The van der Waals surface area contributed by atoms with E-state index in [1.54, 1.807) is 12.1 Å². The predicted octanol–water partition coefficient (Wildman–Crippen LogP) is 6.29. The van der Waals surface area contributed by atoms with Crippen LogP contribution in [0.4, 0.5) is 5.69 Å². The number of rotatable bonds is 8. The summed E-state index contributed by atoms with van der Waals surface area (Å²) in [4.78, 5) is 0. The molecule has 0 saturated heterocycles. The molecule has 0 aliphatic rings. The highest BCUT2D eigenvalue weighted by molar-refractivity contribution is 6.37. The molecule has 0 aliphatic heterocycles. The zero-order chi connectivity index (χ0) is 19.9. The van der Waals surface area contributed by atoms with E-state index in [2.05, 4.69) is 5.32 Å². The van der Waals surface area contributed by atoms with Crippen molar-refractivity contribution in [3.8, 4) is 17.2 Å². The van der Waals surface area contributed by atoms with Crippen molar-refractivity contribution in [3.05, 3.63) is 81.8 Å². The molecule has 0 saturated carbocycles. The Morgan fingerprint density at radius 2 is 1.57 bits per heavy atom. The smallest absolute Gasteiger partial charge is 0.161 e. The van der Waals surface area contributed by atoms with Crippen LogP contribution in [0, 0.1) is 0 Å². The van der Waals surface area contributed by atoms with Crippen molar-refractivity contribution >= 4 is 28.9 Å². The minimum atomic E-state index is -0.118. The molecule has 0 fully saturated rings. The quantitative estimate of drug-likeness (QED) is 0.422. The molecule has 4 nitrogen and oxygen atoms in total. The van der Waals surface area contributed by atoms with Crippen LogP contribution in [-0.4, -0.2) is 11.7 Å². The zero-order valence-electron chi connectivity index (χ0n) is 15.4. The number of aromatic hydroxyl groups is 1. The minimum absolute atomic E-state index is 0.118. The first-order valence-electron chi connectivity index (χ1n) is 8.91. The van der Waals surface area contributed by atoms with Crippen LogP contribution in [0.1, 0.15) is 18.1 Å². The molecule has 146 valence electrons. The summed E-state index contributed by atoms with van der Waals surface area (Å²) in [5.74, 6) is 1.28. The molecule has 0 bridgehead atoms. The third-order valence-corrected chi connectivity index (χ3v) is 4.63. The van der Waals surface area contributed by atoms with E-state index in [9.17, 15) is 5.11 Å². The monoisotopic (exact) mass is 417 g/mol. The standard InChI is InChI=1S/C22H21Cl2NO3/c1-2-27-21-10-16(13-25-17-11-18(23)22(26)19(24)12-17)8-9-20(21)28-14-15-6-4-3-5-7-15/h3-12,25-26H,2,13-14H2,1H3. The number of ether oxygens (including phenoxy) is 2. The highest BCUT2D eigenvalue weighted by atomic mass is 35.5. The Labute approximate surface area is 174 Å². The van der Waals surface area contributed by atoms with Gasteiger partial charge in [-0.1, -0.05) is 59.6 Å². The van der Waals surface area contributed by atoms with Crippen LogP contribution in [0.2, 0.25) is 10.0 Å². The lowest BCUT2D eigenvalue weighted by atomic mass is 10.2. The predicted molar refractivity (Wildman–Crippen MR) is 114 cm³/mol. The molecule has 0 unspecified atom stereocenters. The zero-order valence-corrected chi connectivity index (χ0v) is 16.9. The van der Waals surface area contributed by atoms with Gasteiger partial charge in [0.1, 0.15) is 6.61 Å². The van der Waals surface area contributed by atoms with Crippen molar-refractivity contribution in [2.75, 3.05) is 11.9 Å². The number of halogens is 2. The van der Waals surface area contributed by atoms with E-state index in [1.807, 2.05) is 55.5 Å². The number of benzene rings is 3. The summed E-state index contributed by atoms with van der Waals surface area (Å²) in [7, 11) is 0. The average Bonchev–Trinajstić information content (AvgIpc) is 2.70. The van der Waals surface area contributed by atoms with Crippen LogP contribution in [0.3, 0.4) is 0 Å². The maximum Gasteiger partial charge on any atom is 0.161 e. The van der Waals surface area contributed by atoms with Crippen molar-refractivity contribution in [1.29, 1.82) is 0 Å². The second-order valence-electron chi connectivity index (χ2n) is 6.13. The van der Waals surface area contributed by atoms with Crippen LogP contribution in [0.15, 0.2) is 60.7 Å². The van der Waals surface area contributed by atoms with E-state index in [0.29, 0.717) is 31.3 Å². The first-order valence-corrected chi connectivity index (χ1v) is 9.66. The maximum absolute atomic E-state index is 9.65. The summed E-state index contributed by atoms with van der Waals surface area (Å²) >= 11 is 11.9. The Morgan fingerprint density at radius 1 is 0.857 bits per heavy atom. The van der Waals surface area contributed by atoms with E-state index in [1.165, 1.54) is 0 Å². The molecule has 0 radical (unpaired) electrons. The lowest BCUT2D eigenvalue weighted by Gasteiger charge is -2.14. The van der Waals surface area contributed by atoms with E-state index in [0.717, 1.165) is 16.8 Å². The van der Waals surface area contributed by atoms with Gasteiger partial charge >= 0.3 is 0 Å². The number of anilines is 1. The largest absolute Gasteiger partial charge is 0.505 e. The van der Waals surface area contributed by atoms with Crippen molar-refractivity contribution in [3.63, 3.8) is 0 Å². The first-order chi connectivity index (χ1) is 13.6. The van der Waals surface area contributed by atoms with Crippen molar-refractivity contribution in [1.82, 2.24) is 0 Å². The number of hydrogen-bond donors (Lipinski definition) is 2. The molecule has 0 heterocycles. The minimum Gasteiger partial charge on any atom is -0.505 e. The lowest BCUT2D eigenvalue weighted by molar-refractivity contribution is 0.269. The Bertz CT molecular complexity index is 909. The fraction of sp³-hybridized carbons (Fsp3) is 0.182. The Kier molecular flexibility index (Phi) is 6.90. The normalized spacial score (nSPS) is 10.5. The van der Waals surface area contributed by atoms with E-state index < -0.39 is 0 Å². The number of nitrogens with one attached hydrogen (secondary N) is 1. The van der Waals surface area contributed by atoms with Crippen molar-refractivity contribution in [2.45, 2.75) is 20.1 Å². The van der Waals surface area contributed by atoms with E-state index in [4.69, 9.17) is 32.7 Å². The fourth-order valence-electron chi connectivity index (χ4n) is 2.66. The summed E-state index contributed by atoms with van der Waals surface area (Å²) < 4.78 is 11.7. The number of hydrogen-bond acceptors (Lipinski definition) is 4. The van der Waals surface area contributed by atoms with Crippen LogP contribution in [0.25, 0.3) is 0 Å². The van der Waals surface area contributed by atoms with Crippen molar-refractivity contribution in [2.24, 2.45) is 0 Å². The third kappa shape index (κ3) is 5.24. The summed E-state index contributed by atoms with van der Waals surface area (Å²) in [5, 5.41) is 13.3. The van der Waals surface area contributed by atoms with Gasteiger partial charge in [0, 0.05) is 12.2 Å². The highest BCUT2D eigenvalue weighted by Crippen LogP contribution is 2.35. The summed E-state index contributed by atoms with van der Waals surface area (Å²) in [5.41, 5.74) is 2.82. The third-order valence-electron chi connectivity index (χ3n) is 4.06. The second-order valence-corrected chi connectivity index (χ2v) is 6.94. The Morgan fingerprint density at radius 3 is 2.25 bits per heavy atom. The SMILES string of the molecule is CCOc1cc(CNc2cc(Cl)c(O)c(Cl)c2)ccc1OCc1ccccc1. The van der Waals surface area contributed by atoms with Gasteiger partial charge in [-0.15, -0.1) is 0 Å². The van der Waals surface area contributed by atoms with E-state index >= 15 is 0 Å². The summed E-state index contributed by atoms with van der Waals surface area (Å²) in [6.45, 7) is 3.49. The second kappa shape index (κ2) is 9.58. The van der Waals surface area contributed by atoms with Gasteiger partial charge in [-0.05, 0) is 42.3 Å². The molecule has 2 N–H and O–H groups in total. The van der Waals surface area contributed by atoms with Crippen LogP contribution < -0.4 is 14.8 Å². The molecule has 0 spiro atoms. The van der Waals surface area contributed by atoms with Gasteiger partial charge in [-0.2, -0.15) is 0 Å². The van der Waals surface area contributed by atoms with Gasteiger partial charge in [0.2, 0.25) is 0 Å². The molecule has 0 aliphatic carbocycles. The molecule has 0 atom stereocenters. The van der Waals surface area contributed by atoms with Crippen LogP contribution in [0.5, 0.6) is 17.2 Å². The Balaban J connectivity index is 1.69. The van der Waals surface area contributed by atoms with E-state index in [-0.39, 0.29) is 15.8 Å². The molecule has 0 amide bonds. The number of phenols is 1. The van der Waals surface area contributed by atoms with Gasteiger partial charge in [0.25, 0.3) is 0 Å². The van der Waals surface area contributed by atoms with Crippen LogP contribution >= 0.6 is 23.2 Å². The molecule has 3 aromatic rings. The van der Waals surface area contributed by atoms with Gasteiger partial charge in [-0.3, -0.25) is 0 Å². The van der Waals surface area contributed by atoms with Crippen LogP contribution in [-0.2, 0) is 13.2 Å². The van der Waals surface area contributed by atoms with Crippen molar-refractivity contribution < 1.29 is 14.6 Å². The molecular weight excluding hydrogens is 397 g/mol. The summed E-state index contributed by atoms with van der Waals surface area (Å²) in [6.07, 6.45) is 0. The molecule has 6 heteroatoms. The maximum atomic E-state index is 9.65. The molecule has 0 aromatic heterocycles. The average molecular weight is 418 g/mol. The summed E-state index contributed by atoms with van der Waals surface area (Å²) in [6, 6.07) is 19.1. The lowest BCUT2D eigenvalue weighted by Crippen LogP contribution is -2.03. The van der Waals surface area contributed by atoms with Gasteiger partial charge in [-0.25, -0.2) is 0 Å².